The second kappa shape index (κ2) is 16.0. The van der Waals surface area contributed by atoms with Gasteiger partial charge in [0.05, 0.1) is 13.5 Å². The highest BCUT2D eigenvalue weighted by Crippen LogP contribution is 2.19. The van der Waals surface area contributed by atoms with Crippen LogP contribution in [0.2, 0.25) is 0 Å². The van der Waals surface area contributed by atoms with E-state index in [4.69, 9.17) is 4.74 Å². The van der Waals surface area contributed by atoms with Crippen molar-refractivity contribution in [1.29, 1.82) is 0 Å². The lowest BCUT2D eigenvalue weighted by Gasteiger charge is -2.37. The average Bonchev–Trinajstić information content (AvgIpc) is 2.96. The van der Waals surface area contributed by atoms with Crippen LogP contribution < -0.4 is 4.74 Å². The number of rotatable bonds is 14. The Morgan fingerprint density at radius 1 is 1.00 bits per heavy atom. The van der Waals surface area contributed by atoms with Crippen LogP contribution in [0, 0.1) is 5.92 Å². The molecule has 2 aromatic rings. The van der Waals surface area contributed by atoms with Gasteiger partial charge in [-0.05, 0) is 24.5 Å². The number of ether oxygens (including phenoxy) is 1. The van der Waals surface area contributed by atoms with Gasteiger partial charge >= 0.3 is 0 Å². The van der Waals surface area contributed by atoms with Crippen molar-refractivity contribution in [3.8, 4) is 5.75 Å². The molecule has 3 rings (SSSR count). The number of piperazine rings is 1. The first-order valence-corrected chi connectivity index (χ1v) is 14.2. The second-order valence-corrected chi connectivity index (χ2v) is 10.1. The molecule has 6 nitrogen and oxygen atoms in total. The summed E-state index contributed by atoms with van der Waals surface area (Å²) in [6, 6.07) is 17.8. The van der Waals surface area contributed by atoms with E-state index in [0.717, 1.165) is 75.3 Å². The smallest absolute Gasteiger partial charge is 0.227 e. The molecule has 2 aromatic carbocycles. The Morgan fingerprint density at radius 3 is 2.39 bits per heavy atom. The minimum Gasteiger partial charge on any atom is -0.496 e. The molecule has 0 N–H and O–H groups in total. The number of benzene rings is 2. The van der Waals surface area contributed by atoms with Crippen molar-refractivity contribution in [1.82, 2.24) is 14.7 Å². The van der Waals surface area contributed by atoms with Crippen LogP contribution in [0.15, 0.2) is 60.7 Å². The molecule has 6 heteroatoms. The quantitative estimate of drug-likeness (QED) is 0.347. The third-order valence-corrected chi connectivity index (χ3v) is 7.43. The van der Waals surface area contributed by atoms with Gasteiger partial charge in [-0.3, -0.25) is 14.5 Å². The van der Waals surface area contributed by atoms with E-state index in [2.05, 4.69) is 23.6 Å². The van der Waals surface area contributed by atoms with Gasteiger partial charge in [0, 0.05) is 57.3 Å². The van der Waals surface area contributed by atoms with Gasteiger partial charge < -0.3 is 14.5 Å². The molecule has 0 radical (unpaired) electrons. The molecule has 38 heavy (non-hydrogen) atoms. The third kappa shape index (κ3) is 9.02. The summed E-state index contributed by atoms with van der Waals surface area (Å²) < 4.78 is 5.46. The number of carbonyl (C=O) groups excluding carboxylic acids is 2. The minimum absolute atomic E-state index is 0.122. The molecule has 1 heterocycles. The van der Waals surface area contributed by atoms with Crippen molar-refractivity contribution in [2.45, 2.75) is 46.0 Å². The van der Waals surface area contributed by atoms with Crippen LogP contribution in [0.4, 0.5) is 0 Å². The second-order valence-electron chi connectivity index (χ2n) is 10.1. The summed E-state index contributed by atoms with van der Waals surface area (Å²) >= 11 is 0. The lowest BCUT2D eigenvalue weighted by atomic mass is 9.97. The highest BCUT2D eigenvalue weighted by Gasteiger charge is 2.26. The first kappa shape index (κ1) is 29.4. The molecule has 1 aliphatic heterocycles. The van der Waals surface area contributed by atoms with E-state index in [-0.39, 0.29) is 11.8 Å². The summed E-state index contributed by atoms with van der Waals surface area (Å²) in [5, 5.41) is 0. The van der Waals surface area contributed by atoms with E-state index < -0.39 is 0 Å². The molecule has 1 saturated heterocycles. The molecule has 0 bridgehead atoms. The Kier molecular flexibility index (Phi) is 12.4. The fraction of sp³-hybridized carbons (Fsp3) is 0.500. The number of unbranched alkanes of at least 4 members (excludes halogenated alkanes) is 1. The number of carbonyl (C=O) groups is 2. The SMILES string of the molecule is CCCCC(CC)C(=O)N1CCN(CCN(C/C=C/c2ccccc2OC)C(=O)Cc2ccccc2)CC1. The summed E-state index contributed by atoms with van der Waals surface area (Å²) in [6.45, 7) is 9.55. The molecule has 1 fully saturated rings. The summed E-state index contributed by atoms with van der Waals surface area (Å²) in [5.74, 6) is 1.42. The maximum absolute atomic E-state index is 13.3. The number of amides is 2. The molecule has 0 aromatic heterocycles. The van der Waals surface area contributed by atoms with Crippen molar-refractivity contribution in [3.63, 3.8) is 0 Å². The highest BCUT2D eigenvalue weighted by molar-refractivity contribution is 5.79. The molecule has 0 aliphatic carbocycles. The van der Waals surface area contributed by atoms with E-state index in [1.54, 1.807) is 7.11 Å². The fourth-order valence-corrected chi connectivity index (χ4v) is 4.98. The molecule has 2 amide bonds. The first-order chi connectivity index (χ1) is 18.5. The molecular formula is C32H45N3O3. The Bertz CT molecular complexity index is 1020. The lowest BCUT2D eigenvalue weighted by molar-refractivity contribution is -0.137. The van der Waals surface area contributed by atoms with E-state index >= 15 is 0 Å². The van der Waals surface area contributed by atoms with Crippen LogP contribution in [-0.4, -0.2) is 79.4 Å². The number of hydrogen-bond acceptors (Lipinski definition) is 4. The van der Waals surface area contributed by atoms with Crippen molar-refractivity contribution >= 4 is 17.9 Å². The van der Waals surface area contributed by atoms with Gasteiger partial charge in [0.25, 0.3) is 0 Å². The normalized spacial score (nSPS) is 15.0. The molecule has 1 atom stereocenters. The Morgan fingerprint density at radius 2 is 1.71 bits per heavy atom. The van der Waals surface area contributed by atoms with E-state index in [0.29, 0.717) is 25.4 Å². The predicted octanol–water partition coefficient (Wildman–Crippen LogP) is 5.14. The van der Waals surface area contributed by atoms with E-state index in [9.17, 15) is 9.59 Å². The summed E-state index contributed by atoms with van der Waals surface area (Å²) in [7, 11) is 1.67. The van der Waals surface area contributed by atoms with Gasteiger partial charge in [-0.15, -0.1) is 0 Å². The van der Waals surface area contributed by atoms with Gasteiger partial charge in [-0.2, -0.15) is 0 Å². The van der Waals surface area contributed by atoms with Gasteiger partial charge in [-0.25, -0.2) is 0 Å². The van der Waals surface area contributed by atoms with Crippen molar-refractivity contribution in [2.75, 3.05) is 52.9 Å². The molecule has 1 unspecified atom stereocenters. The highest BCUT2D eigenvalue weighted by atomic mass is 16.5. The topological polar surface area (TPSA) is 53.1 Å². The van der Waals surface area contributed by atoms with Crippen LogP contribution in [0.5, 0.6) is 5.75 Å². The number of methoxy groups -OCH3 is 1. The summed E-state index contributed by atoms with van der Waals surface area (Å²) in [4.78, 5) is 32.6. The molecular weight excluding hydrogens is 474 g/mol. The largest absolute Gasteiger partial charge is 0.496 e. The maximum atomic E-state index is 13.3. The van der Waals surface area contributed by atoms with Crippen molar-refractivity contribution < 1.29 is 14.3 Å². The average molecular weight is 520 g/mol. The zero-order valence-electron chi connectivity index (χ0n) is 23.5. The van der Waals surface area contributed by atoms with Crippen LogP contribution in [0.3, 0.4) is 0 Å². The summed E-state index contributed by atoms with van der Waals surface area (Å²) in [6.07, 6.45) is 8.61. The Balaban J connectivity index is 1.57. The third-order valence-electron chi connectivity index (χ3n) is 7.43. The Labute approximate surface area is 229 Å². The van der Waals surface area contributed by atoms with Crippen LogP contribution in [0.1, 0.15) is 50.7 Å². The lowest BCUT2D eigenvalue weighted by Crippen LogP contribution is -2.52. The van der Waals surface area contributed by atoms with Gasteiger partial charge in [0.2, 0.25) is 11.8 Å². The molecule has 0 saturated carbocycles. The first-order valence-electron chi connectivity index (χ1n) is 14.2. The van der Waals surface area contributed by atoms with Crippen LogP contribution in [-0.2, 0) is 16.0 Å². The Hall–Kier alpha value is -3.12. The monoisotopic (exact) mass is 519 g/mol. The van der Waals surface area contributed by atoms with E-state index in [1.165, 1.54) is 0 Å². The zero-order valence-corrected chi connectivity index (χ0v) is 23.5. The van der Waals surface area contributed by atoms with Crippen LogP contribution >= 0.6 is 0 Å². The molecule has 206 valence electrons. The number of hydrogen-bond donors (Lipinski definition) is 0. The van der Waals surface area contributed by atoms with Crippen LogP contribution in [0.25, 0.3) is 6.08 Å². The fourth-order valence-electron chi connectivity index (χ4n) is 4.98. The minimum atomic E-state index is 0.122. The number of para-hydroxylation sites is 1. The predicted molar refractivity (Wildman–Crippen MR) is 155 cm³/mol. The molecule has 1 aliphatic rings. The van der Waals surface area contributed by atoms with Crippen molar-refractivity contribution in [3.05, 3.63) is 71.8 Å². The number of nitrogens with zero attached hydrogens (tertiary/aromatic N) is 3. The maximum Gasteiger partial charge on any atom is 0.227 e. The standard InChI is InChI=1S/C32H45N3O3/c1-4-6-15-28(5-2)32(37)35-24-21-33(22-25-35)20-23-34(31(36)26-27-13-8-7-9-14-27)19-12-17-29-16-10-11-18-30(29)38-3/h7-14,16-18,28H,4-6,15,19-26H2,1-3H3/b17-12+. The van der Waals surface area contributed by atoms with Gasteiger partial charge in [0.1, 0.15) is 5.75 Å². The van der Waals surface area contributed by atoms with Crippen molar-refractivity contribution in [2.24, 2.45) is 5.92 Å². The van der Waals surface area contributed by atoms with Gasteiger partial charge in [-0.1, -0.05) is 87.4 Å². The van der Waals surface area contributed by atoms with E-state index in [1.807, 2.05) is 71.6 Å². The van der Waals surface area contributed by atoms with Gasteiger partial charge in [0.15, 0.2) is 0 Å². The molecule has 0 spiro atoms. The zero-order chi connectivity index (χ0) is 27.2. The summed E-state index contributed by atoms with van der Waals surface area (Å²) in [5.41, 5.74) is 2.02.